The van der Waals surface area contributed by atoms with Crippen LogP contribution in [0, 0.1) is 5.92 Å². The number of aromatic nitrogens is 5. The number of tetrazole rings is 1. The van der Waals surface area contributed by atoms with E-state index in [0.717, 1.165) is 18.8 Å². The Hall–Kier alpha value is -1.76. The van der Waals surface area contributed by atoms with Crippen LogP contribution < -0.4 is 10.6 Å². The van der Waals surface area contributed by atoms with Gasteiger partial charge < -0.3 is 10.6 Å². The van der Waals surface area contributed by atoms with Crippen molar-refractivity contribution in [2.75, 3.05) is 18.0 Å². The Bertz CT molecular complexity index is 537. The Morgan fingerprint density at radius 3 is 3.17 bits per heavy atom. The summed E-state index contributed by atoms with van der Waals surface area (Å²) in [6, 6.07) is 0.329. The summed E-state index contributed by atoms with van der Waals surface area (Å²) in [4.78, 5) is 6.49. The van der Waals surface area contributed by atoms with Gasteiger partial charge in [0.1, 0.15) is 0 Å². The third-order valence-electron chi connectivity index (χ3n) is 3.74. The first-order valence-corrected chi connectivity index (χ1v) is 6.30. The van der Waals surface area contributed by atoms with Crippen LogP contribution in [0.15, 0.2) is 12.4 Å². The summed E-state index contributed by atoms with van der Waals surface area (Å²) in [6.45, 7) is 3.86. The van der Waals surface area contributed by atoms with Gasteiger partial charge in [0, 0.05) is 19.1 Å². The van der Waals surface area contributed by atoms with Crippen LogP contribution >= 0.6 is 0 Å². The fourth-order valence-electron chi connectivity index (χ4n) is 2.75. The van der Waals surface area contributed by atoms with E-state index in [0.29, 0.717) is 24.2 Å². The zero-order valence-electron chi connectivity index (χ0n) is 10.4. The van der Waals surface area contributed by atoms with E-state index in [-0.39, 0.29) is 0 Å². The molecule has 0 amide bonds. The van der Waals surface area contributed by atoms with Crippen LogP contribution in [-0.4, -0.2) is 44.2 Å². The molecule has 0 aromatic carbocycles. The second kappa shape index (κ2) is 4.49. The van der Waals surface area contributed by atoms with E-state index in [9.17, 15) is 0 Å². The molecule has 2 aromatic heterocycles. The van der Waals surface area contributed by atoms with E-state index >= 15 is 0 Å². The molecule has 2 aromatic rings. The third kappa shape index (κ3) is 1.71. The highest BCUT2D eigenvalue weighted by Gasteiger charge is 2.29. The molecule has 1 aliphatic heterocycles. The smallest absolute Gasteiger partial charge is 0.199 e. The lowest BCUT2D eigenvalue weighted by Gasteiger charge is -2.40. The number of nitrogens with zero attached hydrogens (tertiary/aromatic N) is 6. The van der Waals surface area contributed by atoms with Crippen LogP contribution in [0.25, 0.3) is 5.65 Å². The van der Waals surface area contributed by atoms with Crippen LogP contribution in [0.1, 0.15) is 19.8 Å². The van der Waals surface area contributed by atoms with Crippen molar-refractivity contribution in [3.05, 3.63) is 12.4 Å². The lowest BCUT2D eigenvalue weighted by Crippen LogP contribution is -2.49. The van der Waals surface area contributed by atoms with Crippen LogP contribution in [-0.2, 0) is 0 Å². The summed E-state index contributed by atoms with van der Waals surface area (Å²) < 4.78 is 1.73. The molecule has 2 N–H and O–H groups in total. The molecule has 0 radical (unpaired) electrons. The fourth-order valence-corrected chi connectivity index (χ4v) is 2.75. The molecule has 3 rings (SSSR count). The normalized spacial score (nSPS) is 24.7. The van der Waals surface area contributed by atoms with Crippen molar-refractivity contribution in [2.45, 2.75) is 25.8 Å². The molecule has 96 valence electrons. The summed E-state index contributed by atoms with van der Waals surface area (Å²) in [6.07, 6.45) is 5.85. The van der Waals surface area contributed by atoms with Crippen LogP contribution in [0.2, 0.25) is 0 Å². The zero-order valence-corrected chi connectivity index (χ0v) is 10.4. The average molecular weight is 247 g/mol. The minimum atomic E-state index is 0.329. The molecule has 2 atom stereocenters. The number of hydrogen-bond donors (Lipinski definition) is 1. The minimum Gasteiger partial charge on any atom is -0.351 e. The van der Waals surface area contributed by atoms with Gasteiger partial charge >= 0.3 is 0 Å². The average Bonchev–Trinajstić information content (AvgIpc) is 2.86. The second-order valence-electron chi connectivity index (χ2n) is 4.83. The first-order valence-electron chi connectivity index (χ1n) is 6.30. The summed E-state index contributed by atoms with van der Waals surface area (Å²) >= 11 is 0. The van der Waals surface area contributed by atoms with Crippen molar-refractivity contribution in [1.29, 1.82) is 0 Å². The molecule has 1 fully saturated rings. The van der Waals surface area contributed by atoms with Crippen molar-refractivity contribution in [2.24, 2.45) is 11.7 Å². The summed E-state index contributed by atoms with van der Waals surface area (Å²) in [5.74, 6) is 1.51. The number of hydrogen-bond acceptors (Lipinski definition) is 6. The van der Waals surface area contributed by atoms with Crippen molar-refractivity contribution >= 4 is 11.5 Å². The Morgan fingerprint density at radius 1 is 1.44 bits per heavy atom. The van der Waals surface area contributed by atoms with Crippen molar-refractivity contribution in [3.63, 3.8) is 0 Å². The van der Waals surface area contributed by atoms with E-state index < -0.39 is 0 Å². The van der Waals surface area contributed by atoms with E-state index in [1.807, 2.05) is 6.20 Å². The quantitative estimate of drug-likeness (QED) is 0.809. The van der Waals surface area contributed by atoms with E-state index in [1.54, 1.807) is 10.7 Å². The first-order chi connectivity index (χ1) is 8.81. The monoisotopic (exact) mass is 247 g/mol. The maximum Gasteiger partial charge on any atom is 0.199 e. The van der Waals surface area contributed by atoms with Crippen molar-refractivity contribution in [3.8, 4) is 0 Å². The van der Waals surface area contributed by atoms with Crippen LogP contribution in [0.5, 0.6) is 0 Å². The molecule has 1 saturated heterocycles. The van der Waals surface area contributed by atoms with Gasteiger partial charge in [-0.2, -0.15) is 4.52 Å². The Labute approximate surface area is 105 Å². The maximum atomic E-state index is 5.92. The molecule has 0 spiro atoms. The molecule has 0 aliphatic carbocycles. The van der Waals surface area contributed by atoms with Gasteiger partial charge in [-0.1, -0.05) is 6.92 Å². The van der Waals surface area contributed by atoms with Crippen molar-refractivity contribution < 1.29 is 0 Å². The van der Waals surface area contributed by atoms with Crippen LogP contribution in [0.3, 0.4) is 0 Å². The number of fused-ring (bicyclic) bond motifs is 1. The first kappa shape index (κ1) is 11.3. The molecule has 0 bridgehead atoms. The lowest BCUT2D eigenvalue weighted by molar-refractivity contribution is 0.346. The van der Waals surface area contributed by atoms with Gasteiger partial charge in [-0.25, -0.2) is 0 Å². The molecule has 18 heavy (non-hydrogen) atoms. The predicted molar refractivity (Wildman–Crippen MR) is 67.2 cm³/mol. The molecule has 7 heteroatoms. The summed E-state index contributed by atoms with van der Waals surface area (Å²) in [5, 5.41) is 11.6. The van der Waals surface area contributed by atoms with Gasteiger partial charge in [0.2, 0.25) is 0 Å². The molecule has 1 aliphatic rings. The largest absolute Gasteiger partial charge is 0.351 e. The molecular formula is C11H17N7. The fraction of sp³-hybridized carbons (Fsp3) is 0.636. The summed E-state index contributed by atoms with van der Waals surface area (Å²) in [7, 11) is 0. The highest BCUT2D eigenvalue weighted by molar-refractivity contribution is 5.47. The third-order valence-corrected chi connectivity index (χ3v) is 3.74. The van der Waals surface area contributed by atoms with E-state index in [1.165, 1.54) is 6.42 Å². The number of rotatable bonds is 2. The minimum absolute atomic E-state index is 0.329. The van der Waals surface area contributed by atoms with Gasteiger partial charge in [-0.15, -0.1) is 5.10 Å². The molecular weight excluding hydrogens is 230 g/mol. The maximum absolute atomic E-state index is 5.92. The van der Waals surface area contributed by atoms with Gasteiger partial charge in [-0.05, 0) is 29.2 Å². The predicted octanol–water partition coefficient (Wildman–Crippen LogP) is 0.0829. The van der Waals surface area contributed by atoms with Gasteiger partial charge in [-0.3, -0.25) is 4.98 Å². The SMILES string of the molecule is CC1CCCN(c2cncc3nnnn23)C1CN. The zero-order chi connectivity index (χ0) is 12.5. The highest BCUT2D eigenvalue weighted by atomic mass is 15.5. The summed E-state index contributed by atoms with van der Waals surface area (Å²) in [5.41, 5.74) is 6.59. The molecule has 7 nitrogen and oxygen atoms in total. The number of nitrogens with two attached hydrogens (primary N) is 1. The Kier molecular flexibility index (Phi) is 2.83. The van der Waals surface area contributed by atoms with E-state index in [2.05, 4.69) is 32.3 Å². The number of piperidine rings is 1. The standard InChI is InChI=1S/C11H17N7/c1-8-3-2-4-17(9(8)5-12)11-7-13-6-10-14-15-16-18(10)11/h6-9H,2-5,12H2,1H3. The highest BCUT2D eigenvalue weighted by Crippen LogP contribution is 2.27. The molecule has 3 heterocycles. The Morgan fingerprint density at radius 2 is 2.33 bits per heavy atom. The lowest BCUT2D eigenvalue weighted by atomic mass is 9.91. The molecule has 0 saturated carbocycles. The number of anilines is 1. The van der Waals surface area contributed by atoms with Gasteiger partial charge in [0.25, 0.3) is 0 Å². The molecule has 2 unspecified atom stereocenters. The van der Waals surface area contributed by atoms with Gasteiger partial charge in [0.15, 0.2) is 11.5 Å². The second-order valence-corrected chi connectivity index (χ2v) is 4.83. The van der Waals surface area contributed by atoms with Gasteiger partial charge in [0.05, 0.1) is 12.4 Å². The topological polar surface area (TPSA) is 85.2 Å². The van der Waals surface area contributed by atoms with Crippen molar-refractivity contribution in [1.82, 2.24) is 25.0 Å². The van der Waals surface area contributed by atoms with Crippen LogP contribution in [0.4, 0.5) is 5.82 Å². The Balaban J connectivity index is 2.04. The van der Waals surface area contributed by atoms with E-state index in [4.69, 9.17) is 5.73 Å².